The van der Waals surface area contributed by atoms with Crippen LogP contribution in [0.5, 0.6) is 11.5 Å². The van der Waals surface area contributed by atoms with Crippen molar-refractivity contribution in [2.24, 2.45) is 0 Å². The average Bonchev–Trinajstić information content (AvgIpc) is 3.38. The van der Waals surface area contributed by atoms with Crippen LogP contribution in [0.15, 0.2) is 91.4 Å². The fourth-order valence-electron chi connectivity index (χ4n) is 3.50. The highest BCUT2D eigenvalue weighted by Crippen LogP contribution is 2.24. The number of aryl methyl sites for hydroxylation is 1. The van der Waals surface area contributed by atoms with E-state index in [0.29, 0.717) is 40.7 Å². The Kier molecular flexibility index (Phi) is 8.14. The number of hydrogen-bond acceptors (Lipinski definition) is 4. The number of imidazole rings is 1. The smallest absolute Gasteiger partial charge is 0.246 e. The van der Waals surface area contributed by atoms with Gasteiger partial charge in [0.2, 0.25) is 11.8 Å². The van der Waals surface area contributed by atoms with Gasteiger partial charge < -0.3 is 20.4 Å². The molecule has 8 heteroatoms. The fraction of sp³-hybridized carbons (Fsp3) is 0.148. The van der Waals surface area contributed by atoms with Gasteiger partial charge in [-0.05, 0) is 66.9 Å². The van der Waals surface area contributed by atoms with E-state index in [1.807, 2.05) is 30.3 Å². The zero-order valence-electron chi connectivity index (χ0n) is 18.9. The Balaban J connectivity index is 1.39. The highest BCUT2D eigenvalue weighted by molar-refractivity contribution is 6.30. The van der Waals surface area contributed by atoms with Gasteiger partial charge in [0.15, 0.2) is 0 Å². The summed E-state index contributed by atoms with van der Waals surface area (Å²) in [5.74, 6) is 0.741. The molecule has 35 heavy (non-hydrogen) atoms. The number of anilines is 1. The average molecular weight is 489 g/mol. The van der Waals surface area contributed by atoms with Crippen LogP contribution in [-0.2, 0) is 22.4 Å². The maximum Gasteiger partial charge on any atom is 0.246 e. The first-order chi connectivity index (χ1) is 17.0. The molecule has 0 aliphatic carbocycles. The number of carbonyl (C=O) groups excluding carboxylic acids is 2. The quantitative estimate of drug-likeness (QED) is 0.287. The molecule has 1 atom stereocenters. The summed E-state index contributed by atoms with van der Waals surface area (Å²) < 4.78 is 5.79. The molecule has 4 rings (SSSR count). The SMILES string of the molecule is O=C(Cc1cnc[nH]1)N[C@@H](CCc1ccccc1)C(=O)Nc1ccc(Oc2ccc(Cl)cc2)cc1. The number of rotatable bonds is 10. The summed E-state index contributed by atoms with van der Waals surface area (Å²) >= 11 is 5.91. The molecule has 2 amide bonds. The first-order valence-electron chi connectivity index (χ1n) is 11.2. The molecule has 3 N–H and O–H groups in total. The second-order valence-electron chi connectivity index (χ2n) is 7.97. The Morgan fingerprint density at radius 2 is 1.63 bits per heavy atom. The predicted octanol–water partition coefficient (Wildman–Crippen LogP) is 5.15. The number of nitrogens with zero attached hydrogens (tertiary/aromatic N) is 1. The van der Waals surface area contributed by atoms with Crippen molar-refractivity contribution in [3.05, 3.63) is 108 Å². The van der Waals surface area contributed by atoms with E-state index in [2.05, 4.69) is 20.6 Å². The highest BCUT2D eigenvalue weighted by atomic mass is 35.5. The van der Waals surface area contributed by atoms with Crippen LogP contribution < -0.4 is 15.4 Å². The number of benzene rings is 3. The van der Waals surface area contributed by atoms with Gasteiger partial charge in [-0.3, -0.25) is 9.59 Å². The minimum atomic E-state index is -0.698. The zero-order chi connectivity index (χ0) is 24.5. The maximum atomic E-state index is 13.1. The number of H-pyrrole nitrogens is 1. The topological polar surface area (TPSA) is 96.1 Å². The van der Waals surface area contributed by atoms with Gasteiger partial charge in [0.25, 0.3) is 0 Å². The second kappa shape index (κ2) is 11.9. The van der Waals surface area contributed by atoms with Crippen LogP contribution in [0.25, 0.3) is 0 Å². The molecule has 0 unspecified atom stereocenters. The molecule has 178 valence electrons. The van der Waals surface area contributed by atoms with E-state index in [4.69, 9.17) is 16.3 Å². The first kappa shape index (κ1) is 24.0. The van der Waals surface area contributed by atoms with Gasteiger partial charge in [-0.1, -0.05) is 41.9 Å². The summed E-state index contributed by atoms with van der Waals surface area (Å²) in [7, 11) is 0. The van der Waals surface area contributed by atoms with Crippen molar-refractivity contribution in [3.63, 3.8) is 0 Å². The standard InChI is InChI=1S/C27H25ClN4O3/c28-20-7-11-23(12-8-20)35-24-13-9-21(10-14-24)31-27(34)25(15-6-19-4-2-1-3-5-19)32-26(33)16-22-17-29-18-30-22/h1-5,7-14,17-18,25H,6,15-16H2,(H,29,30)(H,31,34)(H,32,33)/t25-/m0/s1. The summed E-state index contributed by atoms with van der Waals surface area (Å²) in [6, 6.07) is 23.3. The summed E-state index contributed by atoms with van der Waals surface area (Å²) in [5.41, 5.74) is 2.38. The molecule has 0 fully saturated rings. The molecule has 3 aromatic carbocycles. The lowest BCUT2D eigenvalue weighted by atomic mass is 10.0. The molecule has 0 aliphatic rings. The maximum absolute atomic E-state index is 13.1. The van der Waals surface area contributed by atoms with Gasteiger partial charge in [-0.2, -0.15) is 0 Å². The van der Waals surface area contributed by atoms with Crippen molar-refractivity contribution in [1.82, 2.24) is 15.3 Å². The van der Waals surface area contributed by atoms with Gasteiger partial charge in [0, 0.05) is 22.6 Å². The van der Waals surface area contributed by atoms with E-state index < -0.39 is 6.04 Å². The number of aromatic nitrogens is 2. The number of carbonyl (C=O) groups is 2. The van der Waals surface area contributed by atoms with E-state index in [1.54, 1.807) is 54.7 Å². The molecule has 1 aromatic heterocycles. The number of ether oxygens (including phenoxy) is 1. The molecule has 0 saturated heterocycles. The molecule has 0 radical (unpaired) electrons. The Morgan fingerprint density at radius 1 is 0.943 bits per heavy atom. The lowest BCUT2D eigenvalue weighted by Gasteiger charge is -2.19. The van der Waals surface area contributed by atoms with Crippen LogP contribution in [0, 0.1) is 0 Å². The summed E-state index contributed by atoms with van der Waals surface area (Å²) in [6.07, 6.45) is 4.33. The monoisotopic (exact) mass is 488 g/mol. The van der Waals surface area contributed by atoms with Gasteiger partial charge in [-0.25, -0.2) is 4.98 Å². The largest absolute Gasteiger partial charge is 0.457 e. The first-order valence-corrected chi connectivity index (χ1v) is 11.6. The van der Waals surface area contributed by atoms with Gasteiger partial charge in [-0.15, -0.1) is 0 Å². The second-order valence-corrected chi connectivity index (χ2v) is 8.40. The van der Waals surface area contributed by atoms with Crippen molar-refractivity contribution >= 4 is 29.1 Å². The lowest BCUT2D eigenvalue weighted by molar-refractivity contribution is -0.126. The van der Waals surface area contributed by atoms with E-state index in [1.165, 1.54) is 6.33 Å². The number of hydrogen-bond donors (Lipinski definition) is 3. The molecule has 7 nitrogen and oxygen atoms in total. The van der Waals surface area contributed by atoms with E-state index in [9.17, 15) is 9.59 Å². The number of aromatic amines is 1. The minimum Gasteiger partial charge on any atom is -0.457 e. The molecular formula is C27H25ClN4O3. The number of nitrogens with one attached hydrogen (secondary N) is 3. The normalized spacial score (nSPS) is 11.5. The highest BCUT2D eigenvalue weighted by Gasteiger charge is 2.21. The fourth-order valence-corrected chi connectivity index (χ4v) is 3.62. The molecule has 0 saturated carbocycles. The predicted molar refractivity (Wildman–Crippen MR) is 136 cm³/mol. The molecule has 4 aromatic rings. The van der Waals surface area contributed by atoms with Crippen molar-refractivity contribution in [2.75, 3.05) is 5.32 Å². The lowest BCUT2D eigenvalue weighted by Crippen LogP contribution is -2.44. The van der Waals surface area contributed by atoms with Gasteiger partial charge >= 0.3 is 0 Å². The van der Waals surface area contributed by atoms with E-state index in [-0.39, 0.29) is 18.2 Å². The Labute approximate surface area is 208 Å². The van der Waals surface area contributed by atoms with Crippen LogP contribution >= 0.6 is 11.6 Å². The van der Waals surface area contributed by atoms with Gasteiger partial charge in [0.05, 0.1) is 12.7 Å². The third-order valence-electron chi connectivity index (χ3n) is 5.29. The zero-order valence-corrected chi connectivity index (χ0v) is 19.7. The summed E-state index contributed by atoms with van der Waals surface area (Å²) in [5, 5.41) is 6.39. The van der Waals surface area contributed by atoms with Crippen LogP contribution in [0.4, 0.5) is 5.69 Å². The Bertz CT molecular complexity index is 1230. The van der Waals surface area contributed by atoms with Crippen molar-refractivity contribution in [1.29, 1.82) is 0 Å². The molecule has 1 heterocycles. The minimum absolute atomic E-state index is 0.117. The molecular weight excluding hydrogens is 464 g/mol. The third kappa shape index (κ3) is 7.45. The van der Waals surface area contributed by atoms with E-state index in [0.717, 1.165) is 5.56 Å². The molecule has 0 spiro atoms. The van der Waals surface area contributed by atoms with E-state index >= 15 is 0 Å². The molecule has 0 bridgehead atoms. The van der Waals surface area contributed by atoms with Crippen molar-refractivity contribution < 1.29 is 14.3 Å². The Morgan fingerprint density at radius 3 is 2.29 bits per heavy atom. The van der Waals surface area contributed by atoms with Crippen LogP contribution in [0.2, 0.25) is 5.02 Å². The van der Waals surface area contributed by atoms with Crippen LogP contribution in [0.3, 0.4) is 0 Å². The molecule has 0 aliphatic heterocycles. The van der Waals surface area contributed by atoms with Crippen LogP contribution in [-0.4, -0.2) is 27.8 Å². The summed E-state index contributed by atoms with van der Waals surface area (Å²) in [6.45, 7) is 0. The van der Waals surface area contributed by atoms with Gasteiger partial charge in [0.1, 0.15) is 17.5 Å². The third-order valence-corrected chi connectivity index (χ3v) is 5.55. The Hall–Kier alpha value is -4.10. The number of amides is 2. The van der Waals surface area contributed by atoms with Crippen LogP contribution in [0.1, 0.15) is 17.7 Å². The number of halogens is 1. The summed E-state index contributed by atoms with van der Waals surface area (Å²) in [4.78, 5) is 32.5. The van der Waals surface area contributed by atoms with Crippen molar-refractivity contribution in [2.45, 2.75) is 25.3 Å². The van der Waals surface area contributed by atoms with Crippen molar-refractivity contribution in [3.8, 4) is 11.5 Å².